The normalized spacial score (nSPS) is 23.4. The lowest BCUT2D eigenvalue weighted by molar-refractivity contribution is -0.0639. The quantitative estimate of drug-likeness (QED) is 0.873. The highest BCUT2D eigenvalue weighted by Gasteiger charge is 2.27. The van der Waals surface area contributed by atoms with Crippen molar-refractivity contribution in [3.63, 3.8) is 0 Å². The maximum absolute atomic E-state index is 6.08. The first-order chi connectivity index (χ1) is 10.1. The van der Waals surface area contributed by atoms with Gasteiger partial charge in [0.1, 0.15) is 0 Å². The molecule has 21 heavy (non-hydrogen) atoms. The molecule has 0 bridgehead atoms. The summed E-state index contributed by atoms with van der Waals surface area (Å²) < 4.78 is 7.92. The van der Waals surface area contributed by atoms with Crippen LogP contribution in [0.2, 0.25) is 5.02 Å². The Balaban J connectivity index is 1.74. The zero-order valence-electron chi connectivity index (χ0n) is 12.4. The summed E-state index contributed by atoms with van der Waals surface area (Å²) >= 11 is 6.08. The van der Waals surface area contributed by atoms with Gasteiger partial charge in [-0.25, -0.2) is 0 Å². The number of rotatable bonds is 3. The van der Waals surface area contributed by atoms with E-state index >= 15 is 0 Å². The first kappa shape index (κ1) is 14.6. The molecule has 1 aromatic carbocycles. The molecule has 0 N–H and O–H groups in total. The van der Waals surface area contributed by atoms with Crippen molar-refractivity contribution >= 4 is 11.6 Å². The molecule has 1 aliphatic rings. The highest BCUT2D eigenvalue weighted by Crippen LogP contribution is 2.27. The van der Waals surface area contributed by atoms with Gasteiger partial charge in [-0.15, -0.1) is 0 Å². The third-order valence-electron chi connectivity index (χ3n) is 4.07. The molecule has 1 fully saturated rings. The second-order valence-corrected chi connectivity index (χ2v) is 6.04. The van der Waals surface area contributed by atoms with Crippen molar-refractivity contribution in [2.45, 2.75) is 25.6 Å². The van der Waals surface area contributed by atoms with Gasteiger partial charge in [-0.3, -0.25) is 9.58 Å². The Hall–Kier alpha value is -1.36. The first-order valence-corrected chi connectivity index (χ1v) is 7.59. The van der Waals surface area contributed by atoms with Crippen LogP contribution in [0.1, 0.15) is 24.3 Å². The molecule has 0 spiro atoms. The predicted octanol–water partition coefficient (Wildman–Crippen LogP) is 3.04. The van der Waals surface area contributed by atoms with E-state index < -0.39 is 0 Å². The number of hydrogen-bond acceptors (Lipinski definition) is 3. The SMILES string of the molecule is C[C@H]1CO[C@@H](c2cccc(Cl)c2)CN1Cc1ccnn1C. The van der Waals surface area contributed by atoms with E-state index in [1.54, 1.807) is 0 Å². The predicted molar refractivity (Wildman–Crippen MR) is 83.2 cm³/mol. The Morgan fingerprint density at radius 1 is 1.38 bits per heavy atom. The number of benzene rings is 1. The monoisotopic (exact) mass is 305 g/mol. The van der Waals surface area contributed by atoms with Gasteiger partial charge in [0.05, 0.1) is 18.4 Å². The Morgan fingerprint density at radius 3 is 2.95 bits per heavy atom. The Bertz CT molecular complexity index is 613. The van der Waals surface area contributed by atoms with Crippen LogP contribution in [0, 0.1) is 0 Å². The molecule has 4 nitrogen and oxygen atoms in total. The molecule has 1 saturated heterocycles. The number of hydrogen-bond donors (Lipinski definition) is 0. The van der Waals surface area contributed by atoms with E-state index in [1.165, 1.54) is 5.69 Å². The molecule has 0 unspecified atom stereocenters. The second kappa shape index (κ2) is 6.18. The van der Waals surface area contributed by atoms with E-state index in [2.05, 4.69) is 29.1 Å². The summed E-state index contributed by atoms with van der Waals surface area (Å²) in [5.74, 6) is 0. The second-order valence-electron chi connectivity index (χ2n) is 5.60. The molecule has 1 aliphatic heterocycles. The number of nitrogens with zero attached hydrogens (tertiary/aromatic N) is 3. The molecule has 2 heterocycles. The number of morpholine rings is 1. The van der Waals surface area contributed by atoms with Crippen LogP contribution in [0.4, 0.5) is 0 Å². The van der Waals surface area contributed by atoms with Crippen LogP contribution in [0.15, 0.2) is 36.5 Å². The van der Waals surface area contributed by atoms with Gasteiger partial charge in [-0.05, 0) is 30.7 Å². The lowest BCUT2D eigenvalue weighted by Crippen LogP contribution is -2.44. The maximum atomic E-state index is 6.08. The van der Waals surface area contributed by atoms with Crippen LogP contribution in [-0.4, -0.2) is 33.9 Å². The van der Waals surface area contributed by atoms with Gasteiger partial charge in [0.2, 0.25) is 0 Å². The van der Waals surface area contributed by atoms with Crippen LogP contribution < -0.4 is 0 Å². The van der Waals surface area contributed by atoms with Gasteiger partial charge >= 0.3 is 0 Å². The Morgan fingerprint density at radius 2 is 2.24 bits per heavy atom. The molecule has 2 atom stereocenters. The summed E-state index contributed by atoms with van der Waals surface area (Å²) in [6, 6.07) is 10.4. The molecule has 1 aromatic heterocycles. The zero-order chi connectivity index (χ0) is 14.8. The highest BCUT2D eigenvalue weighted by molar-refractivity contribution is 6.30. The highest BCUT2D eigenvalue weighted by atomic mass is 35.5. The number of aromatic nitrogens is 2. The molecule has 0 aliphatic carbocycles. The smallest absolute Gasteiger partial charge is 0.0953 e. The summed E-state index contributed by atoms with van der Waals surface area (Å²) in [5.41, 5.74) is 2.36. The van der Waals surface area contributed by atoms with Crippen molar-refractivity contribution in [1.29, 1.82) is 0 Å². The molecule has 5 heteroatoms. The van der Waals surface area contributed by atoms with Crippen molar-refractivity contribution in [1.82, 2.24) is 14.7 Å². The van der Waals surface area contributed by atoms with Gasteiger partial charge in [0.15, 0.2) is 0 Å². The van der Waals surface area contributed by atoms with Crippen molar-refractivity contribution < 1.29 is 4.74 Å². The van der Waals surface area contributed by atoms with Crippen molar-refractivity contribution in [2.75, 3.05) is 13.2 Å². The van der Waals surface area contributed by atoms with Crippen LogP contribution in [0.25, 0.3) is 0 Å². The fourth-order valence-corrected chi connectivity index (χ4v) is 2.90. The molecular weight excluding hydrogens is 286 g/mol. The van der Waals surface area contributed by atoms with Crippen molar-refractivity contribution in [2.24, 2.45) is 7.05 Å². The van der Waals surface area contributed by atoms with Gasteiger partial charge in [-0.2, -0.15) is 5.10 Å². The molecule has 0 saturated carbocycles. The van der Waals surface area contributed by atoms with Crippen molar-refractivity contribution in [3.8, 4) is 0 Å². The Kier molecular flexibility index (Phi) is 4.29. The summed E-state index contributed by atoms with van der Waals surface area (Å²) in [6.45, 7) is 4.68. The lowest BCUT2D eigenvalue weighted by Gasteiger charge is -2.38. The number of halogens is 1. The standard InChI is InChI=1S/C16H20ClN3O/c1-12-11-21-16(13-4-3-5-14(17)8-13)10-20(12)9-15-6-7-18-19(15)2/h3-8,12,16H,9-11H2,1-2H3/t12-,16+/m0/s1. The third kappa shape index (κ3) is 3.28. The van der Waals surface area contributed by atoms with Gasteiger partial charge in [0.25, 0.3) is 0 Å². The number of ether oxygens (including phenoxy) is 1. The zero-order valence-corrected chi connectivity index (χ0v) is 13.1. The number of aryl methyl sites for hydroxylation is 1. The summed E-state index contributed by atoms with van der Waals surface area (Å²) in [5, 5.41) is 4.99. The topological polar surface area (TPSA) is 30.3 Å². The molecule has 2 aromatic rings. The molecular formula is C16H20ClN3O. The van der Waals surface area contributed by atoms with Gasteiger partial charge in [0, 0.05) is 37.4 Å². The fourth-order valence-electron chi connectivity index (χ4n) is 2.70. The molecule has 112 valence electrons. The average Bonchev–Trinajstić information content (AvgIpc) is 2.87. The maximum Gasteiger partial charge on any atom is 0.0953 e. The minimum atomic E-state index is 0.0770. The fraction of sp³-hybridized carbons (Fsp3) is 0.438. The minimum absolute atomic E-state index is 0.0770. The summed E-state index contributed by atoms with van der Waals surface area (Å²) in [4.78, 5) is 2.44. The third-order valence-corrected chi connectivity index (χ3v) is 4.31. The van der Waals surface area contributed by atoms with Gasteiger partial charge in [-0.1, -0.05) is 23.7 Å². The van der Waals surface area contributed by atoms with Crippen LogP contribution in [-0.2, 0) is 18.3 Å². The summed E-state index contributed by atoms with van der Waals surface area (Å²) in [7, 11) is 1.98. The Labute approximate surface area is 130 Å². The van der Waals surface area contributed by atoms with E-state index in [-0.39, 0.29) is 6.10 Å². The van der Waals surface area contributed by atoms with Gasteiger partial charge < -0.3 is 4.74 Å². The lowest BCUT2D eigenvalue weighted by atomic mass is 10.1. The molecule has 0 amide bonds. The van der Waals surface area contributed by atoms with Crippen molar-refractivity contribution in [3.05, 3.63) is 52.8 Å². The van der Waals surface area contributed by atoms with E-state index in [4.69, 9.17) is 16.3 Å². The molecule has 3 rings (SSSR count). The van der Waals surface area contributed by atoms with E-state index in [1.807, 2.05) is 36.1 Å². The minimum Gasteiger partial charge on any atom is -0.371 e. The first-order valence-electron chi connectivity index (χ1n) is 7.21. The van der Waals surface area contributed by atoms with E-state index in [0.29, 0.717) is 6.04 Å². The average molecular weight is 306 g/mol. The summed E-state index contributed by atoms with van der Waals surface area (Å²) in [6.07, 6.45) is 1.92. The largest absolute Gasteiger partial charge is 0.371 e. The van der Waals surface area contributed by atoms with E-state index in [0.717, 1.165) is 30.3 Å². The molecule has 0 radical (unpaired) electrons. The van der Waals surface area contributed by atoms with E-state index in [9.17, 15) is 0 Å². The van der Waals surface area contributed by atoms with Crippen LogP contribution >= 0.6 is 11.6 Å². The van der Waals surface area contributed by atoms with Crippen LogP contribution in [0.3, 0.4) is 0 Å². The van der Waals surface area contributed by atoms with Crippen LogP contribution in [0.5, 0.6) is 0 Å².